The van der Waals surface area contributed by atoms with Crippen LogP contribution in [0.15, 0.2) is 61.2 Å². The Balaban J connectivity index is 1.29. The lowest BCUT2D eigenvalue weighted by Gasteiger charge is -2.31. The van der Waals surface area contributed by atoms with Crippen LogP contribution in [0.1, 0.15) is 28.8 Å². The number of hydrogen-bond acceptors (Lipinski definition) is 4. The molecule has 2 heterocycles. The van der Waals surface area contributed by atoms with E-state index in [-0.39, 0.29) is 29.8 Å². The molecule has 1 aliphatic rings. The Morgan fingerprint density at radius 1 is 0.969 bits per heavy atom. The van der Waals surface area contributed by atoms with E-state index in [4.69, 9.17) is 0 Å². The Morgan fingerprint density at radius 2 is 1.66 bits per heavy atom. The highest BCUT2D eigenvalue weighted by molar-refractivity contribution is 5.95. The van der Waals surface area contributed by atoms with Crippen LogP contribution in [0.3, 0.4) is 0 Å². The fourth-order valence-electron chi connectivity index (χ4n) is 3.77. The third kappa shape index (κ3) is 4.96. The number of likely N-dealkylation sites (tertiary alicyclic amines) is 1. The van der Waals surface area contributed by atoms with Gasteiger partial charge in [-0.1, -0.05) is 18.2 Å². The van der Waals surface area contributed by atoms with E-state index < -0.39 is 11.6 Å². The number of aromatic nitrogens is 2. The molecule has 0 aliphatic carbocycles. The van der Waals surface area contributed by atoms with Crippen LogP contribution in [0.5, 0.6) is 0 Å². The summed E-state index contributed by atoms with van der Waals surface area (Å²) in [5, 5.41) is 2.71. The fraction of sp³-hybridized carbons (Fsp3) is 0.250. The van der Waals surface area contributed by atoms with Crippen molar-refractivity contribution in [2.45, 2.75) is 19.4 Å². The molecule has 1 saturated heterocycles. The van der Waals surface area contributed by atoms with Crippen LogP contribution in [0.2, 0.25) is 0 Å². The molecule has 0 atom stereocenters. The molecule has 32 heavy (non-hydrogen) atoms. The molecule has 6 nitrogen and oxygen atoms in total. The second-order valence-electron chi connectivity index (χ2n) is 7.72. The highest BCUT2D eigenvalue weighted by Gasteiger charge is 2.27. The molecule has 8 heteroatoms. The predicted molar refractivity (Wildman–Crippen MR) is 114 cm³/mol. The second kappa shape index (κ2) is 9.64. The molecule has 4 rings (SSSR count). The molecule has 0 unspecified atom stereocenters. The molecule has 2 amide bonds. The molecule has 0 radical (unpaired) electrons. The summed E-state index contributed by atoms with van der Waals surface area (Å²) in [4.78, 5) is 35.0. The minimum absolute atomic E-state index is 0.00287. The number of nitrogens with zero attached hydrogens (tertiary/aromatic N) is 3. The van der Waals surface area contributed by atoms with Gasteiger partial charge in [0, 0.05) is 60.7 Å². The summed E-state index contributed by atoms with van der Waals surface area (Å²) in [6.07, 6.45) is 5.95. The minimum Gasteiger partial charge on any atom is -0.352 e. The van der Waals surface area contributed by atoms with Crippen molar-refractivity contribution in [3.63, 3.8) is 0 Å². The van der Waals surface area contributed by atoms with Crippen LogP contribution in [0.25, 0.3) is 11.1 Å². The minimum atomic E-state index is -0.684. The van der Waals surface area contributed by atoms with Gasteiger partial charge in [0.25, 0.3) is 5.91 Å². The van der Waals surface area contributed by atoms with E-state index in [1.165, 1.54) is 12.4 Å². The summed E-state index contributed by atoms with van der Waals surface area (Å²) in [5.74, 6) is -1.85. The normalized spacial score (nSPS) is 14.2. The van der Waals surface area contributed by atoms with Gasteiger partial charge < -0.3 is 10.2 Å². The van der Waals surface area contributed by atoms with E-state index >= 15 is 0 Å². The maximum atomic E-state index is 13.7. The zero-order valence-corrected chi connectivity index (χ0v) is 17.3. The SMILES string of the molecule is O=C(NCc1ccc(F)cc1F)C1CCN(C(=O)c2ccc(-c3cncnc3)cc2)CC1. The largest absolute Gasteiger partial charge is 0.352 e. The molecule has 1 N–H and O–H groups in total. The van der Waals surface area contributed by atoms with Crippen LogP contribution >= 0.6 is 0 Å². The number of nitrogens with one attached hydrogen (secondary N) is 1. The molecule has 1 aromatic heterocycles. The third-order valence-electron chi connectivity index (χ3n) is 5.65. The van der Waals surface area contributed by atoms with Crippen molar-refractivity contribution in [3.05, 3.63) is 83.9 Å². The van der Waals surface area contributed by atoms with Gasteiger partial charge in [0.2, 0.25) is 5.91 Å². The number of carbonyl (C=O) groups excluding carboxylic acids is 2. The molecule has 164 valence electrons. The van der Waals surface area contributed by atoms with Gasteiger partial charge in [-0.3, -0.25) is 9.59 Å². The number of hydrogen-bond donors (Lipinski definition) is 1. The molecular formula is C24H22F2N4O2. The fourth-order valence-corrected chi connectivity index (χ4v) is 3.77. The van der Waals surface area contributed by atoms with Crippen molar-refractivity contribution in [3.8, 4) is 11.1 Å². The van der Waals surface area contributed by atoms with Crippen LogP contribution in [-0.4, -0.2) is 39.8 Å². The van der Waals surface area contributed by atoms with Gasteiger partial charge in [-0.15, -0.1) is 0 Å². The summed E-state index contributed by atoms with van der Waals surface area (Å²) >= 11 is 0. The maximum Gasteiger partial charge on any atom is 0.253 e. The summed E-state index contributed by atoms with van der Waals surface area (Å²) in [7, 11) is 0. The van der Waals surface area contributed by atoms with Gasteiger partial charge in [-0.2, -0.15) is 0 Å². The number of rotatable bonds is 5. The van der Waals surface area contributed by atoms with E-state index in [1.54, 1.807) is 29.4 Å². The van der Waals surface area contributed by atoms with E-state index in [2.05, 4.69) is 15.3 Å². The highest BCUT2D eigenvalue weighted by atomic mass is 19.1. The first kappa shape index (κ1) is 21.5. The van der Waals surface area contributed by atoms with Gasteiger partial charge in [0.1, 0.15) is 18.0 Å². The van der Waals surface area contributed by atoms with Crippen molar-refractivity contribution in [2.24, 2.45) is 5.92 Å². The van der Waals surface area contributed by atoms with E-state index in [0.29, 0.717) is 31.5 Å². The van der Waals surface area contributed by atoms with Crippen LogP contribution in [-0.2, 0) is 11.3 Å². The van der Waals surface area contributed by atoms with E-state index in [0.717, 1.165) is 23.3 Å². The first-order chi connectivity index (χ1) is 15.5. The molecule has 3 aromatic rings. The van der Waals surface area contributed by atoms with Crippen molar-refractivity contribution in [1.82, 2.24) is 20.2 Å². The summed E-state index contributed by atoms with van der Waals surface area (Å²) < 4.78 is 26.7. The average Bonchev–Trinajstić information content (AvgIpc) is 2.83. The zero-order chi connectivity index (χ0) is 22.5. The molecule has 0 bridgehead atoms. The summed E-state index contributed by atoms with van der Waals surface area (Å²) in [5.41, 5.74) is 2.62. The molecular weight excluding hydrogens is 414 g/mol. The predicted octanol–water partition coefficient (Wildman–Crippen LogP) is 3.59. The molecule has 0 saturated carbocycles. The van der Waals surface area contributed by atoms with E-state index in [1.807, 2.05) is 12.1 Å². The molecule has 1 aliphatic heterocycles. The van der Waals surface area contributed by atoms with Gasteiger partial charge in [0.05, 0.1) is 0 Å². The lowest BCUT2D eigenvalue weighted by Crippen LogP contribution is -2.43. The molecule has 2 aromatic carbocycles. The van der Waals surface area contributed by atoms with Crippen molar-refractivity contribution >= 4 is 11.8 Å². The number of benzene rings is 2. The quantitative estimate of drug-likeness (QED) is 0.663. The lowest BCUT2D eigenvalue weighted by atomic mass is 9.95. The monoisotopic (exact) mass is 436 g/mol. The van der Waals surface area contributed by atoms with Crippen LogP contribution in [0.4, 0.5) is 8.78 Å². The van der Waals surface area contributed by atoms with Crippen molar-refractivity contribution in [1.29, 1.82) is 0 Å². The topological polar surface area (TPSA) is 75.2 Å². The Morgan fingerprint density at radius 3 is 2.31 bits per heavy atom. The Bertz CT molecular complexity index is 1100. The number of piperidine rings is 1. The highest BCUT2D eigenvalue weighted by Crippen LogP contribution is 2.22. The lowest BCUT2D eigenvalue weighted by molar-refractivity contribution is -0.126. The van der Waals surface area contributed by atoms with Crippen molar-refractivity contribution in [2.75, 3.05) is 13.1 Å². The number of halogens is 2. The Labute approximate surface area is 184 Å². The van der Waals surface area contributed by atoms with Gasteiger partial charge >= 0.3 is 0 Å². The Kier molecular flexibility index (Phi) is 6.49. The van der Waals surface area contributed by atoms with Gasteiger partial charge in [-0.25, -0.2) is 18.7 Å². The smallest absolute Gasteiger partial charge is 0.253 e. The van der Waals surface area contributed by atoms with Crippen LogP contribution in [0, 0.1) is 17.6 Å². The zero-order valence-electron chi connectivity index (χ0n) is 17.3. The van der Waals surface area contributed by atoms with Gasteiger partial charge in [0.15, 0.2) is 0 Å². The molecule has 1 fully saturated rings. The average molecular weight is 436 g/mol. The molecule has 0 spiro atoms. The first-order valence-electron chi connectivity index (χ1n) is 10.4. The van der Waals surface area contributed by atoms with Crippen LogP contribution < -0.4 is 5.32 Å². The standard InChI is InChI=1S/C24H22F2N4O2/c25-21-6-5-19(22(26)11-21)14-29-23(31)17-7-9-30(10-8-17)24(32)18-3-1-16(2-4-18)20-12-27-15-28-13-20/h1-6,11-13,15,17H,7-10,14H2,(H,29,31). The second-order valence-corrected chi connectivity index (χ2v) is 7.72. The number of amides is 2. The van der Waals surface area contributed by atoms with E-state index in [9.17, 15) is 18.4 Å². The third-order valence-corrected chi connectivity index (χ3v) is 5.65. The van der Waals surface area contributed by atoms with Crippen molar-refractivity contribution < 1.29 is 18.4 Å². The maximum absolute atomic E-state index is 13.7. The summed E-state index contributed by atoms with van der Waals surface area (Å²) in [6, 6.07) is 10.6. The summed E-state index contributed by atoms with van der Waals surface area (Å²) in [6.45, 7) is 0.940. The Hall–Kier alpha value is -3.68. The van der Waals surface area contributed by atoms with Gasteiger partial charge in [-0.05, 0) is 36.6 Å². The first-order valence-corrected chi connectivity index (χ1v) is 10.4. The number of carbonyl (C=O) groups is 2.